The zero-order valence-corrected chi connectivity index (χ0v) is 14.8. The molecule has 2 fully saturated rings. The van der Waals surface area contributed by atoms with E-state index in [9.17, 15) is 4.79 Å². The number of anilines is 1. The van der Waals surface area contributed by atoms with Crippen LogP contribution in [0.1, 0.15) is 5.56 Å². The molecule has 2 aliphatic heterocycles. The summed E-state index contributed by atoms with van der Waals surface area (Å²) in [6.07, 6.45) is 3.67. The second kappa shape index (κ2) is 7.21. The van der Waals surface area contributed by atoms with Gasteiger partial charge in [0, 0.05) is 37.4 Å². The van der Waals surface area contributed by atoms with Crippen molar-refractivity contribution in [3.63, 3.8) is 0 Å². The van der Waals surface area contributed by atoms with Crippen LogP contribution < -0.4 is 4.90 Å². The van der Waals surface area contributed by atoms with Crippen LogP contribution in [0.5, 0.6) is 0 Å². The number of nitrogens with zero attached hydrogens (tertiary/aromatic N) is 3. The quantitative estimate of drug-likeness (QED) is 0.836. The fraction of sp³-hybridized carbons (Fsp3) is 0.444. The van der Waals surface area contributed by atoms with Crippen molar-refractivity contribution >= 4 is 22.9 Å². The molecule has 2 saturated heterocycles. The van der Waals surface area contributed by atoms with Gasteiger partial charge in [-0.1, -0.05) is 6.07 Å². The number of rotatable bonds is 3. The zero-order chi connectivity index (χ0) is 17.1. The Morgan fingerprint density at radius 2 is 2.28 bits per heavy atom. The Bertz CT molecular complexity index is 710. The van der Waals surface area contributed by atoms with Gasteiger partial charge in [-0.2, -0.15) is 11.3 Å². The summed E-state index contributed by atoms with van der Waals surface area (Å²) in [6.45, 7) is 4.16. The molecule has 1 atom stereocenters. The topological polar surface area (TPSA) is 54.9 Å². The lowest BCUT2D eigenvalue weighted by Gasteiger charge is -2.42. The van der Waals surface area contributed by atoms with E-state index >= 15 is 0 Å². The van der Waals surface area contributed by atoms with Crippen LogP contribution in [0.3, 0.4) is 0 Å². The first-order chi connectivity index (χ1) is 12.2. The fourth-order valence-electron chi connectivity index (χ4n) is 3.41. The maximum Gasteiger partial charge on any atom is 0.253 e. The lowest BCUT2D eigenvalue weighted by molar-refractivity contribution is -0.146. The fourth-order valence-corrected chi connectivity index (χ4v) is 4.05. The molecule has 0 aromatic carbocycles. The van der Waals surface area contributed by atoms with Gasteiger partial charge in [-0.3, -0.25) is 14.7 Å². The van der Waals surface area contributed by atoms with E-state index in [2.05, 4.69) is 16.0 Å². The molecule has 2 aromatic heterocycles. The van der Waals surface area contributed by atoms with Gasteiger partial charge in [0.2, 0.25) is 0 Å². The highest BCUT2D eigenvalue weighted by Gasteiger charge is 2.43. The number of carbonyl (C=O) groups is 1. The number of aromatic nitrogens is 1. The average molecular weight is 359 g/mol. The Balaban J connectivity index is 1.52. The number of pyridine rings is 1. The first-order valence-electron chi connectivity index (χ1n) is 8.40. The van der Waals surface area contributed by atoms with Gasteiger partial charge >= 0.3 is 0 Å². The molecular formula is C18H21N3O3S. The number of hydrogen-bond acceptors (Lipinski definition) is 6. The minimum atomic E-state index is -0.492. The molecule has 0 bridgehead atoms. The summed E-state index contributed by atoms with van der Waals surface area (Å²) in [5.74, 6) is 0.00656. The van der Waals surface area contributed by atoms with E-state index in [-0.39, 0.29) is 12.5 Å². The van der Waals surface area contributed by atoms with E-state index in [1.165, 1.54) is 5.56 Å². The summed E-state index contributed by atoms with van der Waals surface area (Å²) < 4.78 is 11.9. The number of hydrogen-bond donors (Lipinski definition) is 0. The number of carbonyl (C=O) groups excluding carboxylic acids is 1. The van der Waals surface area contributed by atoms with Gasteiger partial charge in [0.15, 0.2) is 0 Å². The van der Waals surface area contributed by atoms with Crippen molar-refractivity contribution in [3.05, 3.63) is 46.9 Å². The first-order valence-corrected chi connectivity index (χ1v) is 9.34. The molecule has 0 N–H and O–H groups in total. The SMILES string of the molecule is O=C1CO[C@]2(COCCN(Cc3cccnc3)C2)CN1c1ccsc1. The predicted octanol–water partition coefficient (Wildman–Crippen LogP) is 1.78. The molecule has 7 heteroatoms. The van der Waals surface area contributed by atoms with Crippen molar-refractivity contribution in [2.75, 3.05) is 44.4 Å². The van der Waals surface area contributed by atoms with Gasteiger partial charge in [0.05, 0.1) is 25.4 Å². The molecule has 25 heavy (non-hydrogen) atoms. The largest absolute Gasteiger partial charge is 0.377 e. The van der Waals surface area contributed by atoms with Gasteiger partial charge in [-0.25, -0.2) is 0 Å². The summed E-state index contributed by atoms with van der Waals surface area (Å²) >= 11 is 1.59. The van der Waals surface area contributed by atoms with E-state index in [0.717, 1.165) is 25.3 Å². The van der Waals surface area contributed by atoms with Gasteiger partial charge in [0.1, 0.15) is 12.2 Å². The zero-order valence-electron chi connectivity index (χ0n) is 14.0. The summed E-state index contributed by atoms with van der Waals surface area (Å²) in [4.78, 5) is 20.7. The van der Waals surface area contributed by atoms with Crippen LogP contribution in [0, 0.1) is 0 Å². The van der Waals surface area contributed by atoms with Gasteiger partial charge < -0.3 is 14.4 Å². The Labute approximate surface area is 151 Å². The predicted molar refractivity (Wildman–Crippen MR) is 95.7 cm³/mol. The Hall–Kier alpha value is -1.80. The van der Waals surface area contributed by atoms with Crippen molar-refractivity contribution in [1.82, 2.24) is 9.88 Å². The van der Waals surface area contributed by atoms with Gasteiger partial charge in [0.25, 0.3) is 5.91 Å². The Morgan fingerprint density at radius 1 is 1.32 bits per heavy atom. The minimum Gasteiger partial charge on any atom is -0.377 e. The lowest BCUT2D eigenvalue weighted by atomic mass is 10.0. The second-order valence-electron chi connectivity index (χ2n) is 6.56. The van der Waals surface area contributed by atoms with Crippen LogP contribution >= 0.6 is 11.3 Å². The standard InChI is InChI=1S/C18H21N3O3S/c22-17-10-24-18(13-21(17)16-3-7-25-11-16)12-20(5-6-23-14-18)9-15-2-1-4-19-8-15/h1-4,7-8,11H,5-6,9-10,12-14H2/t18-/m0/s1. The molecule has 0 radical (unpaired) electrons. The first kappa shape index (κ1) is 16.7. The average Bonchev–Trinajstić information content (AvgIpc) is 3.09. The molecular weight excluding hydrogens is 338 g/mol. The van der Waals surface area contributed by atoms with Gasteiger partial charge in [-0.15, -0.1) is 0 Å². The maximum atomic E-state index is 12.3. The van der Waals surface area contributed by atoms with Crippen molar-refractivity contribution in [2.24, 2.45) is 0 Å². The molecule has 0 aliphatic carbocycles. The molecule has 0 unspecified atom stereocenters. The van der Waals surface area contributed by atoms with Crippen LogP contribution in [0.25, 0.3) is 0 Å². The molecule has 1 amide bonds. The third-order valence-corrected chi connectivity index (χ3v) is 5.30. The highest BCUT2D eigenvalue weighted by Crippen LogP contribution is 2.28. The van der Waals surface area contributed by atoms with E-state index in [1.807, 2.05) is 34.0 Å². The highest BCUT2D eigenvalue weighted by molar-refractivity contribution is 7.08. The number of thiophene rings is 1. The maximum absolute atomic E-state index is 12.3. The Kier molecular flexibility index (Phi) is 4.80. The number of morpholine rings is 1. The Morgan fingerprint density at radius 3 is 3.08 bits per heavy atom. The lowest BCUT2D eigenvalue weighted by Crippen LogP contribution is -2.60. The third kappa shape index (κ3) is 3.74. The van der Waals surface area contributed by atoms with Gasteiger partial charge in [-0.05, 0) is 23.1 Å². The smallest absolute Gasteiger partial charge is 0.253 e. The molecule has 4 heterocycles. The van der Waals surface area contributed by atoms with Crippen LogP contribution in [-0.2, 0) is 20.8 Å². The van der Waals surface area contributed by atoms with E-state index in [4.69, 9.17) is 9.47 Å². The van der Waals surface area contributed by atoms with E-state index in [1.54, 1.807) is 17.5 Å². The van der Waals surface area contributed by atoms with Crippen LogP contribution in [-0.4, -0.2) is 60.8 Å². The summed E-state index contributed by atoms with van der Waals surface area (Å²) in [6, 6.07) is 6.01. The second-order valence-corrected chi connectivity index (χ2v) is 7.34. The van der Waals surface area contributed by atoms with Crippen molar-refractivity contribution in [3.8, 4) is 0 Å². The normalized spacial score (nSPS) is 25.3. The van der Waals surface area contributed by atoms with Crippen LogP contribution in [0.4, 0.5) is 5.69 Å². The molecule has 132 valence electrons. The molecule has 2 aromatic rings. The third-order valence-electron chi connectivity index (χ3n) is 4.62. The molecule has 1 spiro atoms. The monoisotopic (exact) mass is 359 g/mol. The summed E-state index contributed by atoms with van der Waals surface area (Å²) in [5, 5.41) is 3.99. The molecule has 2 aliphatic rings. The van der Waals surface area contributed by atoms with Crippen LogP contribution in [0.15, 0.2) is 41.4 Å². The molecule has 4 rings (SSSR count). The van der Waals surface area contributed by atoms with Crippen molar-refractivity contribution in [1.29, 1.82) is 0 Å². The molecule has 6 nitrogen and oxygen atoms in total. The van der Waals surface area contributed by atoms with Crippen molar-refractivity contribution in [2.45, 2.75) is 12.1 Å². The number of amides is 1. The number of ether oxygens (including phenoxy) is 2. The minimum absolute atomic E-state index is 0.00656. The highest BCUT2D eigenvalue weighted by atomic mass is 32.1. The van der Waals surface area contributed by atoms with Crippen LogP contribution in [0.2, 0.25) is 0 Å². The summed E-state index contributed by atoms with van der Waals surface area (Å²) in [7, 11) is 0. The molecule has 0 saturated carbocycles. The van der Waals surface area contributed by atoms with E-state index in [0.29, 0.717) is 19.8 Å². The van der Waals surface area contributed by atoms with Crippen molar-refractivity contribution < 1.29 is 14.3 Å². The summed E-state index contributed by atoms with van der Waals surface area (Å²) in [5.41, 5.74) is 1.62. The van der Waals surface area contributed by atoms with E-state index < -0.39 is 5.60 Å².